The SMILES string of the molecule is Cl.O=C(NCC1=[N+]C=CS1)N1CCCCC1.[Cl-]. The minimum absolute atomic E-state index is 0. The van der Waals surface area contributed by atoms with Gasteiger partial charge in [-0.05, 0) is 31.0 Å². The highest BCUT2D eigenvalue weighted by Gasteiger charge is 2.20. The average Bonchev–Trinajstić information content (AvgIpc) is 2.80. The maximum absolute atomic E-state index is 11.7. The number of halogens is 2. The van der Waals surface area contributed by atoms with Gasteiger partial charge in [-0.25, -0.2) is 4.79 Å². The van der Waals surface area contributed by atoms with E-state index >= 15 is 0 Å². The minimum atomic E-state index is 0. The van der Waals surface area contributed by atoms with E-state index in [-0.39, 0.29) is 30.8 Å². The van der Waals surface area contributed by atoms with Gasteiger partial charge in [0.1, 0.15) is 6.54 Å². The Labute approximate surface area is 118 Å². The molecule has 1 saturated heterocycles. The van der Waals surface area contributed by atoms with Gasteiger partial charge >= 0.3 is 11.1 Å². The zero-order valence-corrected chi connectivity index (χ0v) is 11.8. The molecule has 4 nitrogen and oxygen atoms in total. The number of carbonyl (C=O) groups excluding carboxylic acids is 1. The molecule has 0 bridgehead atoms. The second-order valence-electron chi connectivity index (χ2n) is 3.63. The first kappa shape index (κ1) is 16.6. The molecule has 1 fully saturated rings. The minimum Gasteiger partial charge on any atom is -1.00 e. The van der Waals surface area contributed by atoms with Gasteiger partial charge in [-0.2, -0.15) is 0 Å². The molecule has 1 N–H and O–H groups in total. The van der Waals surface area contributed by atoms with E-state index in [0.29, 0.717) is 6.54 Å². The van der Waals surface area contributed by atoms with E-state index in [4.69, 9.17) is 0 Å². The third kappa shape index (κ3) is 5.19. The molecular weight excluding hydrogens is 281 g/mol. The molecule has 0 aromatic rings. The zero-order valence-electron chi connectivity index (χ0n) is 9.39. The standard InChI is InChI=1S/C10H15N3OS.2ClH/c14-10(13-5-2-1-3-6-13)12-8-9-11-4-7-15-9;;/h4,7H,1-3,5-6,8H2,(H,12,14);2*1H/q+1;;/p-1. The highest BCUT2D eigenvalue weighted by Crippen LogP contribution is 2.09. The van der Waals surface area contributed by atoms with E-state index in [1.54, 1.807) is 18.0 Å². The fourth-order valence-electron chi connectivity index (χ4n) is 1.70. The molecule has 0 aliphatic carbocycles. The van der Waals surface area contributed by atoms with Crippen molar-refractivity contribution in [1.82, 2.24) is 15.2 Å². The first-order chi connectivity index (χ1) is 7.36. The lowest BCUT2D eigenvalue weighted by Gasteiger charge is -2.26. The monoisotopic (exact) mass is 296 g/mol. The molecule has 1 radical (unpaired) electrons. The van der Waals surface area contributed by atoms with Crippen LogP contribution in [0.3, 0.4) is 0 Å². The Kier molecular flexibility index (Phi) is 8.47. The number of urea groups is 1. The molecule has 97 valence electrons. The molecule has 2 amide bonds. The summed E-state index contributed by atoms with van der Waals surface area (Å²) in [6, 6.07) is 0.0462. The Morgan fingerprint density at radius 2 is 2.12 bits per heavy atom. The summed E-state index contributed by atoms with van der Waals surface area (Å²) in [5.74, 6) is 0. The molecule has 2 aliphatic rings. The van der Waals surface area contributed by atoms with Gasteiger partial charge in [0.15, 0.2) is 0 Å². The summed E-state index contributed by atoms with van der Waals surface area (Å²) < 4.78 is 0. The summed E-state index contributed by atoms with van der Waals surface area (Å²) in [4.78, 5) is 17.7. The Hall–Kier alpha value is -0.390. The van der Waals surface area contributed by atoms with Crippen molar-refractivity contribution in [2.24, 2.45) is 0 Å². The van der Waals surface area contributed by atoms with E-state index < -0.39 is 0 Å². The van der Waals surface area contributed by atoms with Gasteiger partial charge in [0, 0.05) is 13.1 Å². The second kappa shape index (κ2) is 8.66. The fraction of sp³-hybridized carbons (Fsp3) is 0.600. The maximum atomic E-state index is 11.7. The van der Waals surface area contributed by atoms with Crippen LogP contribution in [0.25, 0.3) is 0 Å². The number of carbonyl (C=O) groups is 1. The number of amides is 2. The first-order valence-electron chi connectivity index (χ1n) is 5.27. The Balaban J connectivity index is 0.00000128. The van der Waals surface area contributed by atoms with E-state index in [0.717, 1.165) is 31.0 Å². The van der Waals surface area contributed by atoms with Gasteiger partial charge in [0.05, 0.1) is 10.4 Å². The summed E-state index contributed by atoms with van der Waals surface area (Å²) >= 11 is 1.57. The van der Waals surface area contributed by atoms with Crippen LogP contribution in [-0.2, 0) is 0 Å². The zero-order chi connectivity index (χ0) is 10.5. The van der Waals surface area contributed by atoms with Crippen molar-refractivity contribution < 1.29 is 17.2 Å². The van der Waals surface area contributed by atoms with Crippen LogP contribution in [0.4, 0.5) is 4.79 Å². The molecule has 2 heterocycles. The Bertz CT molecular complexity index is 304. The molecule has 0 spiro atoms. The van der Waals surface area contributed by atoms with Gasteiger partial charge in [0.25, 0.3) is 0 Å². The summed E-state index contributed by atoms with van der Waals surface area (Å²) in [7, 11) is 0. The third-order valence-corrected chi connectivity index (χ3v) is 3.30. The summed E-state index contributed by atoms with van der Waals surface area (Å²) in [6.07, 6.45) is 5.26. The predicted octanol–water partition coefficient (Wildman–Crippen LogP) is -1.44. The van der Waals surface area contributed by atoms with Crippen LogP contribution in [0.15, 0.2) is 11.6 Å². The molecule has 0 saturated carbocycles. The van der Waals surface area contributed by atoms with Gasteiger partial charge in [-0.15, -0.1) is 12.4 Å². The highest BCUT2D eigenvalue weighted by molar-refractivity contribution is 8.16. The lowest BCUT2D eigenvalue weighted by atomic mass is 10.1. The summed E-state index contributed by atoms with van der Waals surface area (Å²) in [5, 5.41) is 5.77. The quantitative estimate of drug-likeness (QED) is 0.679. The van der Waals surface area contributed by atoms with E-state index in [9.17, 15) is 4.79 Å². The van der Waals surface area contributed by atoms with Crippen LogP contribution in [0.2, 0.25) is 0 Å². The number of piperidine rings is 1. The Morgan fingerprint density at radius 1 is 1.41 bits per heavy atom. The smallest absolute Gasteiger partial charge is 0.317 e. The molecule has 0 atom stereocenters. The van der Waals surface area contributed by atoms with Crippen LogP contribution < -0.4 is 22.7 Å². The van der Waals surface area contributed by atoms with E-state index in [1.165, 1.54) is 6.42 Å². The molecule has 0 aromatic heterocycles. The van der Waals surface area contributed by atoms with Crippen molar-refractivity contribution in [3.05, 3.63) is 11.6 Å². The van der Waals surface area contributed by atoms with Crippen LogP contribution in [-0.4, -0.2) is 35.6 Å². The normalized spacial score (nSPS) is 17.9. The predicted molar refractivity (Wildman–Crippen MR) is 69.9 cm³/mol. The first-order valence-corrected chi connectivity index (χ1v) is 6.15. The van der Waals surface area contributed by atoms with Gasteiger partial charge in [-0.3, -0.25) is 0 Å². The number of aliphatic imine (C=N–C) groups is 1. The molecule has 17 heavy (non-hydrogen) atoms. The topological polar surface area (TPSA) is 46.4 Å². The molecule has 0 unspecified atom stereocenters. The van der Waals surface area contributed by atoms with E-state index in [2.05, 4.69) is 10.3 Å². The number of nitrogens with zero attached hydrogens (tertiary/aromatic N) is 2. The average molecular weight is 297 g/mol. The van der Waals surface area contributed by atoms with Crippen LogP contribution >= 0.6 is 24.2 Å². The number of hydrogen-bond donors (Lipinski definition) is 1. The lowest BCUT2D eigenvalue weighted by molar-refractivity contribution is -0.00000685. The van der Waals surface area contributed by atoms with Crippen LogP contribution in [0.5, 0.6) is 0 Å². The lowest BCUT2D eigenvalue weighted by Crippen LogP contribution is -3.00. The number of rotatable bonds is 2. The molecule has 2 aliphatic heterocycles. The molecule has 0 aromatic carbocycles. The molecule has 2 rings (SSSR count). The fourth-order valence-corrected chi connectivity index (χ4v) is 2.26. The van der Waals surface area contributed by atoms with Gasteiger partial charge in [-0.1, -0.05) is 0 Å². The summed E-state index contributed by atoms with van der Waals surface area (Å²) in [5.41, 5.74) is 0. The number of hydrogen-bond acceptors (Lipinski definition) is 3. The Morgan fingerprint density at radius 3 is 2.71 bits per heavy atom. The van der Waals surface area contributed by atoms with Crippen molar-refractivity contribution in [1.29, 1.82) is 0 Å². The maximum Gasteiger partial charge on any atom is 0.317 e. The van der Waals surface area contributed by atoms with Gasteiger partial charge in [0.2, 0.25) is 6.20 Å². The van der Waals surface area contributed by atoms with Crippen molar-refractivity contribution >= 4 is 35.2 Å². The third-order valence-electron chi connectivity index (χ3n) is 2.52. The van der Waals surface area contributed by atoms with E-state index in [1.807, 2.05) is 10.3 Å². The van der Waals surface area contributed by atoms with Gasteiger partial charge < -0.3 is 22.6 Å². The van der Waals surface area contributed by atoms with Crippen molar-refractivity contribution in [3.63, 3.8) is 0 Å². The second-order valence-corrected chi connectivity index (χ2v) is 4.61. The largest absolute Gasteiger partial charge is 1.00 e. The highest BCUT2D eigenvalue weighted by atomic mass is 35.5. The number of likely N-dealkylation sites (tertiary alicyclic amines) is 1. The molecule has 7 heteroatoms. The summed E-state index contributed by atoms with van der Waals surface area (Å²) in [6.45, 7) is 2.33. The molecular formula is C10H16Cl2N3OS. The number of nitrogens with one attached hydrogen (secondary N) is 1. The number of thioether (sulfide) groups is 1. The van der Waals surface area contributed by atoms with Crippen molar-refractivity contribution in [2.45, 2.75) is 19.3 Å². The van der Waals surface area contributed by atoms with Crippen molar-refractivity contribution in [3.8, 4) is 0 Å². The van der Waals surface area contributed by atoms with Crippen molar-refractivity contribution in [2.75, 3.05) is 19.6 Å². The van der Waals surface area contributed by atoms with Crippen LogP contribution in [0.1, 0.15) is 19.3 Å². The van der Waals surface area contributed by atoms with Crippen LogP contribution in [0, 0.1) is 0 Å².